The molecule has 0 heteroatoms. The molecule has 0 radical (unpaired) electrons. The van der Waals surface area contributed by atoms with Crippen LogP contribution >= 0.6 is 0 Å². The summed E-state index contributed by atoms with van der Waals surface area (Å²) in [6.45, 7) is 22.0. The maximum absolute atomic E-state index is 2.34. The molecule has 0 fully saturated rings. The largest absolute Gasteiger partial charge is 0.0859 e. The van der Waals surface area contributed by atoms with Gasteiger partial charge in [0.15, 0.2) is 0 Å². The zero-order valence-electron chi connectivity index (χ0n) is 27.6. The predicted octanol–water partition coefficient (Wildman–Crippen LogP) is 13.1. The smallest absolute Gasteiger partial charge is 0.0322 e. The molecule has 220 valence electrons. The van der Waals surface area contributed by atoms with E-state index >= 15 is 0 Å². The Hall–Kier alpha value is -2.86. The normalized spacial score (nSPS) is 15.8. The van der Waals surface area contributed by atoms with Crippen LogP contribution in [0.5, 0.6) is 0 Å². The summed E-state index contributed by atoms with van der Waals surface area (Å²) in [5.41, 5.74) is 7.87. The van der Waals surface area contributed by atoms with Gasteiger partial charge in [-0.25, -0.2) is 0 Å². The van der Waals surface area contributed by atoms with Gasteiger partial charge < -0.3 is 0 Å². The topological polar surface area (TPSA) is 0 Å². The first-order valence-corrected chi connectivity index (χ1v) is 15.3. The highest BCUT2D eigenvalue weighted by Crippen LogP contribution is 2.14. The molecule has 0 nitrogen and oxygen atoms in total. The SMILES string of the molecule is CC(C)=CCCC(C)CC=CC(C)=CC=CC(C)=CC=CC=C(C)C=CC=C(C)C=CCC(C)CCC=C(C)C. The minimum Gasteiger partial charge on any atom is -0.0859 e. The lowest BCUT2D eigenvalue weighted by Gasteiger charge is -2.06. The first-order valence-electron chi connectivity index (χ1n) is 15.3. The Morgan fingerprint density at radius 1 is 0.450 bits per heavy atom. The Kier molecular flexibility index (Phi) is 22.3. The van der Waals surface area contributed by atoms with Gasteiger partial charge >= 0.3 is 0 Å². The van der Waals surface area contributed by atoms with Crippen molar-refractivity contribution in [3.63, 3.8) is 0 Å². The second kappa shape index (κ2) is 24.0. The summed E-state index contributed by atoms with van der Waals surface area (Å²) < 4.78 is 0. The summed E-state index contributed by atoms with van der Waals surface area (Å²) in [5.74, 6) is 1.45. The molecule has 0 aliphatic heterocycles. The van der Waals surface area contributed by atoms with Crippen LogP contribution in [0.2, 0.25) is 0 Å². The fourth-order valence-corrected chi connectivity index (χ4v) is 3.86. The van der Waals surface area contributed by atoms with E-state index in [1.54, 1.807) is 0 Å². The molecular formula is C40H60. The lowest BCUT2D eigenvalue weighted by molar-refractivity contribution is 0.545. The first-order chi connectivity index (χ1) is 19.0. The van der Waals surface area contributed by atoms with Crippen molar-refractivity contribution in [2.24, 2.45) is 11.8 Å². The van der Waals surface area contributed by atoms with Gasteiger partial charge in [0.05, 0.1) is 0 Å². The number of allylic oxidation sites excluding steroid dienone is 22. The van der Waals surface area contributed by atoms with Crippen LogP contribution < -0.4 is 0 Å². The van der Waals surface area contributed by atoms with E-state index in [1.807, 2.05) is 0 Å². The van der Waals surface area contributed by atoms with Crippen LogP contribution in [0.15, 0.2) is 131 Å². The zero-order valence-corrected chi connectivity index (χ0v) is 27.6. The van der Waals surface area contributed by atoms with Crippen LogP contribution in [-0.4, -0.2) is 0 Å². The first kappa shape index (κ1) is 37.1. The van der Waals surface area contributed by atoms with Gasteiger partial charge in [0, 0.05) is 0 Å². The Morgan fingerprint density at radius 3 is 1.12 bits per heavy atom. The molecule has 0 bridgehead atoms. The van der Waals surface area contributed by atoms with E-state index in [1.165, 1.54) is 59.1 Å². The Labute approximate surface area is 249 Å². The maximum Gasteiger partial charge on any atom is -0.0322 e. The third-order valence-corrected chi connectivity index (χ3v) is 6.53. The highest BCUT2D eigenvalue weighted by Gasteiger charge is 1.98. The Morgan fingerprint density at radius 2 is 0.775 bits per heavy atom. The van der Waals surface area contributed by atoms with Gasteiger partial charge in [0.2, 0.25) is 0 Å². The van der Waals surface area contributed by atoms with E-state index in [-0.39, 0.29) is 0 Å². The zero-order chi connectivity index (χ0) is 30.2. The quantitative estimate of drug-likeness (QED) is 0.120. The van der Waals surface area contributed by atoms with Crippen LogP contribution in [-0.2, 0) is 0 Å². The molecule has 0 aromatic carbocycles. The molecule has 2 atom stereocenters. The van der Waals surface area contributed by atoms with Crippen molar-refractivity contribution >= 4 is 0 Å². The average Bonchev–Trinajstić information content (AvgIpc) is 2.86. The van der Waals surface area contributed by atoms with Gasteiger partial charge in [0.1, 0.15) is 0 Å². The summed E-state index contributed by atoms with van der Waals surface area (Å²) in [6.07, 6.45) is 42.4. The summed E-state index contributed by atoms with van der Waals surface area (Å²) in [4.78, 5) is 0. The van der Waals surface area contributed by atoms with E-state index in [2.05, 4.69) is 166 Å². The second-order valence-electron chi connectivity index (χ2n) is 12.0. The highest BCUT2D eigenvalue weighted by atomic mass is 14.0. The molecule has 0 N–H and O–H groups in total. The molecule has 2 unspecified atom stereocenters. The third kappa shape index (κ3) is 25.4. The minimum atomic E-state index is 0.727. The van der Waals surface area contributed by atoms with Crippen LogP contribution in [0.1, 0.15) is 108 Å². The maximum atomic E-state index is 2.34. The van der Waals surface area contributed by atoms with Gasteiger partial charge in [-0.1, -0.05) is 145 Å². The average molecular weight is 541 g/mol. The van der Waals surface area contributed by atoms with Crippen LogP contribution in [0, 0.1) is 11.8 Å². The highest BCUT2D eigenvalue weighted by molar-refractivity contribution is 5.31. The lowest BCUT2D eigenvalue weighted by atomic mass is 10.0. The Bertz CT molecular complexity index is 942. The van der Waals surface area contributed by atoms with Crippen molar-refractivity contribution in [2.75, 3.05) is 0 Å². The fraction of sp³-hybridized carbons (Fsp3) is 0.450. The van der Waals surface area contributed by atoms with Crippen molar-refractivity contribution in [3.8, 4) is 0 Å². The summed E-state index contributed by atoms with van der Waals surface area (Å²) >= 11 is 0. The molecule has 0 spiro atoms. The van der Waals surface area contributed by atoms with E-state index < -0.39 is 0 Å². The summed E-state index contributed by atoms with van der Waals surface area (Å²) in [6, 6.07) is 0. The van der Waals surface area contributed by atoms with Crippen LogP contribution in [0.4, 0.5) is 0 Å². The molecule has 0 saturated heterocycles. The van der Waals surface area contributed by atoms with Crippen molar-refractivity contribution < 1.29 is 0 Å². The second-order valence-corrected chi connectivity index (χ2v) is 12.0. The van der Waals surface area contributed by atoms with E-state index in [0.717, 1.165) is 24.7 Å². The van der Waals surface area contributed by atoms with Gasteiger partial charge in [0.25, 0.3) is 0 Å². The van der Waals surface area contributed by atoms with E-state index in [0.29, 0.717) is 0 Å². The van der Waals surface area contributed by atoms with Gasteiger partial charge in [-0.2, -0.15) is 0 Å². The van der Waals surface area contributed by atoms with Crippen molar-refractivity contribution in [2.45, 2.75) is 108 Å². The van der Waals surface area contributed by atoms with Crippen molar-refractivity contribution in [1.29, 1.82) is 0 Å². The number of hydrogen-bond donors (Lipinski definition) is 0. The van der Waals surface area contributed by atoms with Gasteiger partial charge in [-0.05, 0) is 106 Å². The lowest BCUT2D eigenvalue weighted by Crippen LogP contribution is -1.91. The van der Waals surface area contributed by atoms with Gasteiger partial charge in [-0.3, -0.25) is 0 Å². The molecular weight excluding hydrogens is 480 g/mol. The van der Waals surface area contributed by atoms with Crippen molar-refractivity contribution in [3.05, 3.63) is 131 Å². The van der Waals surface area contributed by atoms with E-state index in [4.69, 9.17) is 0 Å². The van der Waals surface area contributed by atoms with Crippen LogP contribution in [0.25, 0.3) is 0 Å². The Balaban J connectivity index is 4.55. The summed E-state index contributed by atoms with van der Waals surface area (Å²) in [7, 11) is 0. The fourth-order valence-electron chi connectivity index (χ4n) is 3.86. The summed E-state index contributed by atoms with van der Waals surface area (Å²) in [5, 5.41) is 0. The van der Waals surface area contributed by atoms with Gasteiger partial charge in [-0.15, -0.1) is 0 Å². The number of rotatable bonds is 18. The van der Waals surface area contributed by atoms with Crippen LogP contribution in [0.3, 0.4) is 0 Å². The molecule has 0 saturated carbocycles. The molecule has 0 aromatic heterocycles. The van der Waals surface area contributed by atoms with E-state index in [9.17, 15) is 0 Å². The minimum absolute atomic E-state index is 0.727. The monoisotopic (exact) mass is 540 g/mol. The number of hydrogen-bond acceptors (Lipinski definition) is 0. The molecule has 0 rings (SSSR count). The molecule has 0 heterocycles. The third-order valence-electron chi connectivity index (χ3n) is 6.53. The molecule has 0 aliphatic carbocycles. The molecule has 40 heavy (non-hydrogen) atoms. The molecule has 0 aromatic rings. The molecule has 0 amide bonds. The molecule has 0 aliphatic rings. The van der Waals surface area contributed by atoms with Crippen molar-refractivity contribution in [1.82, 2.24) is 0 Å². The predicted molar refractivity (Wildman–Crippen MR) is 186 cm³/mol. The standard InChI is InChI=1S/C40H60/c1-33(2)19-13-23-37(7)27-17-31-39(9)29-15-25-35(5)21-11-12-22-36(6)26-16-30-40(10)32-18-28-38(8)24-14-20-34(3)4/h11-12,15-22,25-26,29-32,37-38H,13-14,23-24,27-28H2,1-10H3.